The second-order valence-corrected chi connectivity index (χ2v) is 11.5. The number of aromatic carboxylic acids is 1. The van der Waals surface area contributed by atoms with E-state index in [1.54, 1.807) is 24.8 Å². The minimum Gasteiger partial charge on any atom is -0.490 e. The predicted molar refractivity (Wildman–Crippen MR) is 144 cm³/mol. The summed E-state index contributed by atoms with van der Waals surface area (Å²) in [5.41, 5.74) is -0.0823. The summed E-state index contributed by atoms with van der Waals surface area (Å²) in [7, 11) is -2.28. The molecule has 0 unspecified atom stereocenters. The molecule has 1 fully saturated rings. The number of carboxylic acids is 1. The fourth-order valence-corrected chi connectivity index (χ4v) is 5.63. The van der Waals surface area contributed by atoms with E-state index in [4.69, 9.17) is 18.5 Å². The molecule has 0 radical (unpaired) electrons. The molecule has 2 rings (SSSR count). The number of carboxylic acid groups (broad SMARTS) is 1. The summed E-state index contributed by atoms with van der Waals surface area (Å²) < 4.78 is 34.6. The fourth-order valence-electron chi connectivity index (χ4n) is 3.67. The summed E-state index contributed by atoms with van der Waals surface area (Å²) in [4.78, 5) is 52.6. The molecule has 0 saturated carbocycles. The maximum absolute atomic E-state index is 12.9. The molecule has 15 heteroatoms. The number of carbonyl (C=O) groups excluding carboxylic acids is 3. The van der Waals surface area contributed by atoms with E-state index in [1.165, 1.54) is 19.2 Å². The molecule has 0 aliphatic carbocycles. The van der Waals surface area contributed by atoms with E-state index in [-0.39, 0.29) is 43.5 Å². The van der Waals surface area contributed by atoms with E-state index >= 15 is 0 Å². The third kappa shape index (κ3) is 10.9. The van der Waals surface area contributed by atoms with Crippen LogP contribution in [0.25, 0.3) is 0 Å². The first-order valence-electron chi connectivity index (χ1n) is 12.4. The molecule has 1 aromatic carbocycles. The van der Waals surface area contributed by atoms with Crippen molar-refractivity contribution in [3.8, 4) is 5.75 Å². The van der Waals surface area contributed by atoms with E-state index in [0.717, 1.165) is 4.90 Å². The minimum absolute atomic E-state index is 0.0600. The number of rotatable bonds is 15. The van der Waals surface area contributed by atoms with Crippen molar-refractivity contribution in [3.05, 3.63) is 28.2 Å². The Bertz CT molecular complexity index is 1060. The molecule has 1 atom stereocenters. The molecule has 0 bridgehead atoms. The molecule has 1 aromatic rings. The minimum atomic E-state index is -3.65. The van der Waals surface area contributed by atoms with Gasteiger partial charge in [0.25, 0.3) is 0 Å². The Kier molecular flexibility index (Phi) is 13.4. The molecule has 1 heterocycles. The molecule has 3 amide bonds. The largest absolute Gasteiger partial charge is 0.490 e. The van der Waals surface area contributed by atoms with Crippen molar-refractivity contribution < 1.29 is 47.4 Å². The smallest absolute Gasteiger partial charge is 0.340 e. The number of benzene rings is 1. The number of ether oxygens (including phenoxy) is 2. The highest BCUT2D eigenvalue weighted by Gasteiger charge is 2.30. The molecule has 1 aliphatic heterocycles. The van der Waals surface area contributed by atoms with Gasteiger partial charge in [0.1, 0.15) is 24.1 Å². The average molecular weight is 636 g/mol. The zero-order chi connectivity index (χ0) is 29.0. The van der Waals surface area contributed by atoms with E-state index in [1.807, 2.05) is 0 Å². The lowest BCUT2D eigenvalue weighted by Gasteiger charge is -2.29. The third-order valence-corrected chi connectivity index (χ3v) is 8.01. The van der Waals surface area contributed by atoms with Crippen molar-refractivity contribution in [3.63, 3.8) is 0 Å². The van der Waals surface area contributed by atoms with Crippen LogP contribution in [0.2, 0.25) is 0 Å². The lowest BCUT2D eigenvalue weighted by molar-refractivity contribution is -0.137. The van der Waals surface area contributed by atoms with Crippen molar-refractivity contribution in [1.29, 1.82) is 0 Å². The van der Waals surface area contributed by atoms with Crippen LogP contribution in [0, 0.1) is 0 Å². The van der Waals surface area contributed by atoms with Gasteiger partial charge in [-0.05, 0) is 32.0 Å². The molecule has 1 saturated heterocycles. The maximum Gasteiger partial charge on any atom is 0.340 e. The lowest BCUT2D eigenvalue weighted by Crippen LogP contribution is -2.49. The van der Waals surface area contributed by atoms with Gasteiger partial charge in [-0.15, -0.1) is 0 Å². The van der Waals surface area contributed by atoms with Gasteiger partial charge in [0.15, 0.2) is 0 Å². The van der Waals surface area contributed by atoms with Crippen molar-refractivity contribution in [2.24, 2.45) is 0 Å². The van der Waals surface area contributed by atoms with Crippen molar-refractivity contribution in [2.75, 3.05) is 65.9 Å². The van der Waals surface area contributed by atoms with Gasteiger partial charge in [-0.2, -0.15) is 0 Å². The number of amides is 3. The molecule has 39 heavy (non-hydrogen) atoms. The summed E-state index contributed by atoms with van der Waals surface area (Å²) in [5.74, 6) is -2.58. The molecule has 1 aliphatic rings. The van der Waals surface area contributed by atoms with Gasteiger partial charge in [-0.1, -0.05) is 15.9 Å². The molecular formula is C24H35BrN3O10P. The van der Waals surface area contributed by atoms with Gasteiger partial charge < -0.3 is 38.7 Å². The van der Waals surface area contributed by atoms with Gasteiger partial charge in [0, 0.05) is 24.6 Å². The summed E-state index contributed by atoms with van der Waals surface area (Å²) >= 11 is 3.28. The first-order chi connectivity index (χ1) is 18.5. The number of hydrogen-bond donors (Lipinski definition) is 2. The fraction of sp³-hybridized carbons (Fsp3) is 0.583. The summed E-state index contributed by atoms with van der Waals surface area (Å²) in [5, 5.41) is 12.2. The zero-order valence-corrected chi connectivity index (χ0v) is 24.7. The second kappa shape index (κ2) is 15.9. The molecule has 2 N–H and O–H groups in total. The van der Waals surface area contributed by atoms with E-state index in [0.29, 0.717) is 30.8 Å². The van der Waals surface area contributed by atoms with Gasteiger partial charge in [-0.3, -0.25) is 18.9 Å². The number of carbonyl (C=O) groups is 4. The Hall–Kier alpha value is -2.51. The topological polar surface area (TPSA) is 161 Å². The van der Waals surface area contributed by atoms with Crippen LogP contribution in [-0.4, -0.2) is 111 Å². The van der Waals surface area contributed by atoms with Crippen LogP contribution in [0.5, 0.6) is 5.75 Å². The highest BCUT2D eigenvalue weighted by atomic mass is 79.9. The summed E-state index contributed by atoms with van der Waals surface area (Å²) in [6, 6.07) is 3.57. The number of halogens is 1. The zero-order valence-electron chi connectivity index (χ0n) is 22.2. The Balaban J connectivity index is 2.09. The van der Waals surface area contributed by atoms with Crippen LogP contribution >= 0.6 is 23.5 Å². The third-order valence-electron chi connectivity index (χ3n) is 5.55. The average Bonchev–Trinajstić information content (AvgIpc) is 2.87. The number of nitrogens with one attached hydrogen (secondary N) is 1. The first-order valence-corrected chi connectivity index (χ1v) is 14.9. The van der Waals surface area contributed by atoms with Crippen LogP contribution in [0.3, 0.4) is 0 Å². The van der Waals surface area contributed by atoms with Gasteiger partial charge in [-0.25, -0.2) is 4.79 Å². The summed E-state index contributed by atoms with van der Waals surface area (Å²) in [6.45, 7) is 4.46. The number of nitrogens with zero attached hydrogens (tertiary/aromatic N) is 2. The Morgan fingerprint density at radius 1 is 1.18 bits per heavy atom. The van der Waals surface area contributed by atoms with Gasteiger partial charge in [0.2, 0.25) is 17.7 Å². The predicted octanol–water partition coefficient (Wildman–Crippen LogP) is 1.98. The van der Waals surface area contributed by atoms with E-state index in [2.05, 4.69) is 21.2 Å². The highest BCUT2D eigenvalue weighted by Crippen LogP contribution is 2.47. The van der Waals surface area contributed by atoms with Gasteiger partial charge in [0.05, 0.1) is 45.4 Å². The Morgan fingerprint density at radius 3 is 2.41 bits per heavy atom. The van der Waals surface area contributed by atoms with Crippen molar-refractivity contribution in [1.82, 2.24) is 15.1 Å². The monoisotopic (exact) mass is 635 g/mol. The van der Waals surface area contributed by atoms with Gasteiger partial charge >= 0.3 is 13.6 Å². The second-order valence-electron chi connectivity index (χ2n) is 8.57. The number of hydrogen-bond acceptors (Lipinski definition) is 9. The SMILES string of the molecule is CCOP(=O)(CC(=O)N(C)CC(=O)N[C@H](COc1cc(Br)ccc1C(=O)O)CC(=O)N1CCOCC1)OCC. The van der Waals surface area contributed by atoms with Crippen LogP contribution in [-0.2, 0) is 32.7 Å². The number of likely N-dealkylation sites (N-methyl/N-ethyl adjacent to an activating group) is 1. The van der Waals surface area contributed by atoms with E-state index < -0.39 is 44.1 Å². The van der Waals surface area contributed by atoms with Crippen LogP contribution in [0.15, 0.2) is 22.7 Å². The van der Waals surface area contributed by atoms with Crippen molar-refractivity contribution >= 4 is 47.2 Å². The highest BCUT2D eigenvalue weighted by molar-refractivity contribution is 9.10. The number of morpholine rings is 1. The molecule has 0 spiro atoms. The normalized spacial score (nSPS) is 14.4. The summed E-state index contributed by atoms with van der Waals surface area (Å²) in [6.07, 6.45) is -0.648. The molecule has 13 nitrogen and oxygen atoms in total. The van der Waals surface area contributed by atoms with Crippen LogP contribution in [0.4, 0.5) is 0 Å². The van der Waals surface area contributed by atoms with Crippen LogP contribution in [0.1, 0.15) is 30.6 Å². The van der Waals surface area contributed by atoms with Crippen LogP contribution < -0.4 is 10.1 Å². The molecular weight excluding hydrogens is 601 g/mol. The maximum atomic E-state index is 12.9. The lowest BCUT2D eigenvalue weighted by atomic mass is 10.1. The molecule has 218 valence electrons. The Morgan fingerprint density at radius 2 is 1.82 bits per heavy atom. The standard InChI is InChI=1S/C24H35BrN3O10P/c1-4-37-39(34,38-5-2)16-23(31)27(3)14-21(29)26-18(13-22(30)28-8-10-35-11-9-28)15-36-20-12-17(25)6-7-19(20)24(32)33/h6-7,12,18H,4-5,8-11,13-16H2,1-3H3,(H,26,29)(H,32,33)/t18-/m0/s1. The van der Waals surface area contributed by atoms with Crippen molar-refractivity contribution in [2.45, 2.75) is 26.3 Å². The quantitative estimate of drug-likeness (QED) is 0.273. The first kappa shape index (κ1) is 32.7. The molecule has 0 aromatic heterocycles. The van der Waals surface area contributed by atoms with E-state index in [9.17, 15) is 28.8 Å². The Labute approximate surface area is 235 Å².